The molecular weight excluding hydrogens is 367 g/mol. The lowest BCUT2D eigenvalue weighted by Crippen LogP contribution is -1.84. The molecule has 0 amide bonds. The molecule has 2 heterocycles. The maximum absolute atomic E-state index is 13.2. The van der Waals surface area contributed by atoms with E-state index in [0.717, 1.165) is 24.3 Å². The van der Waals surface area contributed by atoms with Crippen LogP contribution in [0.25, 0.3) is 10.1 Å². The van der Waals surface area contributed by atoms with E-state index in [1.165, 1.54) is 10.9 Å². The zero-order valence-corrected chi connectivity index (χ0v) is 13.9. The smallest absolute Gasteiger partial charge is 0.124 e. The van der Waals surface area contributed by atoms with Gasteiger partial charge >= 0.3 is 0 Å². The molecule has 0 spiro atoms. The first-order valence-electron chi connectivity index (χ1n) is 5.63. The maximum Gasteiger partial charge on any atom is 0.124 e. The van der Waals surface area contributed by atoms with Crippen LogP contribution in [0.15, 0.2) is 34.8 Å². The highest BCUT2D eigenvalue weighted by atomic mass is 79.9. The van der Waals surface area contributed by atoms with Crippen molar-refractivity contribution in [3.8, 4) is 0 Å². The highest BCUT2D eigenvalue weighted by molar-refractivity contribution is 9.10. The minimum atomic E-state index is -0.207. The van der Waals surface area contributed by atoms with Crippen molar-refractivity contribution in [2.24, 2.45) is 0 Å². The van der Waals surface area contributed by atoms with Gasteiger partial charge in [0.05, 0.1) is 0 Å². The fourth-order valence-corrected chi connectivity index (χ4v) is 5.01. The van der Waals surface area contributed by atoms with Crippen molar-refractivity contribution in [1.29, 1.82) is 0 Å². The highest BCUT2D eigenvalue weighted by Crippen LogP contribution is 2.41. The normalized spacial score (nSPS) is 13.1. The number of hydrogen-bond acceptors (Lipinski definition) is 2. The Morgan fingerprint density at radius 3 is 2.58 bits per heavy atom. The van der Waals surface area contributed by atoms with Crippen LogP contribution >= 0.6 is 50.2 Å². The van der Waals surface area contributed by atoms with E-state index in [4.69, 9.17) is 11.6 Å². The van der Waals surface area contributed by atoms with Crippen molar-refractivity contribution in [3.63, 3.8) is 0 Å². The first-order valence-corrected chi connectivity index (χ1v) is 8.50. The fourth-order valence-electron chi connectivity index (χ4n) is 1.90. The molecule has 0 saturated heterocycles. The van der Waals surface area contributed by atoms with Crippen LogP contribution < -0.4 is 0 Å². The van der Waals surface area contributed by atoms with E-state index in [9.17, 15) is 4.39 Å². The number of rotatable bonds is 2. The first kappa shape index (κ1) is 13.6. The number of benzene rings is 1. The Balaban J connectivity index is 2.03. The summed E-state index contributed by atoms with van der Waals surface area (Å²) >= 11 is 13.3. The van der Waals surface area contributed by atoms with E-state index in [1.807, 2.05) is 6.07 Å². The van der Waals surface area contributed by atoms with Crippen molar-refractivity contribution >= 4 is 60.3 Å². The monoisotopic (exact) mass is 374 g/mol. The molecule has 0 aliphatic heterocycles. The maximum atomic E-state index is 13.2. The van der Waals surface area contributed by atoms with Gasteiger partial charge in [0, 0.05) is 23.8 Å². The Morgan fingerprint density at radius 1 is 1.16 bits per heavy atom. The molecule has 0 nitrogen and oxygen atoms in total. The number of thiophene rings is 2. The lowest BCUT2D eigenvalue weighted by molar-refractivity contribution is 0.630. The quantitative estimate of drug-likeness (QED) is 0.448. The van der Waals surface area contributed by atoms with Gasteiger partial charge in [-0.05, 0) is 52.5 Å². The van der Waals surface area contributed by atoms with Crippen LogP contribution in [0, 0.1) is 12.7 Å². The number of alkyl halides is 1. The van der Waals surface area contributed by atoms with E-state index in [0.29, 0.717) is 0 Å². The Bertz CT molecular complexity index is 728. The van der Waals surface area contributed by atoms with Gasteiger partial charge < -0.3 is 0 Å². The van der Waals surface area contributed by atoms with Gasteiger partial charge in [0.25, 0.3) is 0 Å². The van der Waals surface area contributed by atoms with E-state index < -0.39 is 0 Å². The molecule has 1 unspecified atom stereocenters. The molecule has 98 valence electrons. The second kappa shape index (κ2) is 5.17. The van der Waals surface area contributed by atoms with Gasteiger partial charge in [-0.2, -0.15) is 0 Å². The van der Waals surface area contributed by atoms with E-state index in [2.05, 4.69) is 28.9 Å². The van der Waals surface area contributed by atoms with Crippen molar-refractivity contribution in [2.45, 2.75) is 12.3 Å². The van der Waals surface area contributed by atoms with Crippen molar-refractivity contribution in [3.05, 3.63) is 55.3 Å². The predicted molar refractivity (Wildman–Crippen MR) is 86.2 cm³/mol. The van der Waals surface area contributed by atoms with Gasteiger partial charge in [-0.15, -0.1) is 34.3 Å². The van der Waals surface area contributed by atoms with Crippen LogP contribution in [0.4, 0.5) is 4.39 Å². The van der Waals surface area contributed by atoms with Gasteiger partial charge in [0.2, 0.25) is 0 Å². The molecular formula is C14H9BrClFS2. The molecule has 1 atom stereocenters. The Hall–Kier alpha value is -0.420. The molecule has 0 radical (unpaired) electrons. The number of halogens is 3. The SMILES string of the molecule is Cc1sc(C(Cl)c2cc3ccc(F)cc3s2)cc1Br. The summed E-state index contributed by atoms with van der Waals surface area (Å²) in [6.07, 6.45) is 0. The second-order valence-corrected chi connectivity index (χ2v) is 7.94. The molecule has 3 aromatic rings. The minimum Gasteiger partial charge on any atom is -0.207 e. The molecule has 0 fully saturated rings. The molecule has 0 N–H and O–H groups in total. The Kier molecular flexibility index (Phi) is 3.69. The van der Waals surface area contributed by atoms with Crippen molar-refractivity contribution in [2.75, 3.05) is 0 Å². The third-order valence-electron chi connectivity index (χ3n) is 2.88. The third kappa shape index (κ3) is 2.59. The van der Waals surface area contributed by atoms with Crippen LogP contribution in [-0.4, -0.2) is 0 Å². The van der Waals surface area contributed by atoms with Crippen LogP contribution in [0.5, 0.6) is 0 Å². The average molecular weight is 376 g/mol. The van der Waals surface area contributed by atoms with Gasteiger partial charge in [-0.3, -0.25) is 0 Å². The molecule has 5 heteroatoms. The van der Waals surface area contributed by atoms with E-state index in [1.54, 1.807) is 34.8 Å². The molecule has 3 rings (SSSR count). The fraction of sp³-hybridized carbons (Fsp3) is 0.143. The summed E-state index contributed by atoms with van der Waals surface area (Å²) in [4.78, 5) is 3.38. The Morgan fingerprint density at radius 2 is 1.89 bits per heavy atom. The molecule has 1 aromatic carbocycles. The zero-order valence-electron chi connectivity index (χ0n) is 9.91. The lowest BCUT2D eigenvalue weighted by Gasteiger charge is -2.02. The van der Waals surface area contributed by atoms with Gasteiger partial charge in [0.1, 0.15) is 11.2 Å². The first-order chi connectivity index (χ1) is 9.04. The number of fused-ring (bicyclic) bond motifs is 1. The molecule has 0 saturated carbocycles. The number of hydrogen-bond donors (Lipinski definition) is 0. The summed E-state index contributed by atoms with van der Waals surface area (Å²) in [5.74, 6) is -0.207. The van der Waals surface area contributed by atoms with Crippen LogP contribution in [0.2, 0.25) is 0 Å². The van der Waals surface area contributed by atoms with Gasteiger partial charge in [-0.1, -0.05) is 6.07 Å². The summed E-state index contributed by atoms with van der Waals surface area (Å²) in [6, 6.07) is 8.93. The molecule has 0 aliphatic rings. The summed E-state index contributed by atoms with van der Waals surface area (Å²) < 4.78 is 15.2. The van der Waals surface area contributed by atoms with Gasteiger partial charge in [0.15, 0.2) is 0 Å². The Labute approximate surface area is 132 Å². The summed E-state index contributed by atoms with van der Waals surface area (Å²) in [5, 5.41) is 0.870. The minimum absolute atomic E-state index is 0.171. The largest absolute Gasteiger partial charge is 0.207 e. The summed E-state index contributed by atoms with van der Waals surface area (Å²) in [7, 11) is 0. The summed E-state index contributed by atoms with van der Waals surface area (Å²) in [5.41, 5.74) is 0. The predicted octanol–water partition coefficient (Wildman–Crippen LogP) is 6.50. The lowest BCUT2D eigenvalue weighted by atomic mass is 10.2. The summed E-state index contributed by atoms with van der Waals surface area (Å²) in [6.45, 7) is 2.06. The standard InChI is InChI=1S/C14H9BrClFS2/c1-7-10(15)6-13(18-7)14(16)12-4-8-2-3-9(17)5-11(8)19-12/h2-6,14H,1H3. The molecule has 0 bridgehead atoms. The third-order valence-corrected chi connectivity index (χ3v) is 6.97. The van der Waals surface area contributed by atoms with E-state index in [-0.39, 0.29) is 11.2 Å². The molecule has 0 aliphatic carbocycles. The highest BCUT2D eigenvalue weighted by Gasteiger charge is 2.17. The van der Waals surface area contributed by atoms with Gasteiger partial charge in [-0.25, -0.2) is 4.39 Å². The van der Waals surface area contributed by atoms with E-state index >= 15 is 0 Å². The van der Waals surface area contributed by atoms with Crippen LogP contribution in [0.3, 0.4) is 0 Å². The topological polar surface area (TPSA) is 0 Å². The zero-order chi connectivity index (χ0) is 13.6. The van der Waals surface area contributed by atoms with Crippen LogP contribution in [-0.2, 0) is 0 Å². The van der Waals surface area contributed by atoms with Crippen LogP contribution in [0.1, 0.15) is 20.0 Å². The average Bonchev–Trinajstić information content (AvgIpc) is 2.92. The second-order valence-electron chi connectivity index (χ2n) is 4.25. The number of aryl methyl sites for hydroxylation is 1. The molecule has 2 aromatic heterocycles. The molecule has 19 heavy (non-hydrogen) atoms. The van der Waals surface area contributed by atoms with Crippen molar-refractivity contribution < 1.29 is 4.39 Å². The van der Waals surface area contributed by atoms with Crippen molar-refractivity contribution in [1.82, 2.24) is 0 Å².